The van der Waals surface area contributed by atoms with Gasteiger partial charge in [-0.15, -0.1) is 0 Å². The van der Waals surface area contributed by atoms with E-state index in [0.717, 1.165) is 24.1 Å². The fourth-order valence-corrected chi connectivity index (χ4v) is 1.76. The number of nitrogens with one attached hydrogen (secondary N) is 1. The molecule has 0 aliphatic rings. The van der Waals surface area contributed by atoms with Gasteiger partial charge in [-0.25, -0.2) is 0 Å². The molecule has 0 saturated heterocycles. The minimum absolute atomic E-state index is 0.0877. The minimum atomic E-state index is -4.29. The van der Waals surface area contributed by atoms with Gasteiger partial charge in [0.25, 0.3) is 0 Å². The molecule has 0 fully saturated rings. The molecule has 0 amide bonds. The minimum Gasteiger partial charge on any atom is -0.396 e. The summed E-state index contributed by atoms with van der Waals surface area (Å²) in [5, 5.41) is 12.3. The lowest BCUT2D eigenvalue weighted by Gasteiger charge is -2.29. The Kier molecular flexibility index (Phi) is 5.38. The van der Waals surface area contributed by atoms with Crippen molar-refractivity contribution in [2.75, 3.05) is 6.61 Å². The molecule has 1 aromatic rings. The Morgan fingerprint density at radius 2 is 1.74 bits per heavy atom. The third kappa shape index (κ3) is 4.84. The molecule has 0 bridgehead atoms. The second kappa shape index (κ2) is 6.39. The molecule has 0 aromatic heterocycles. The molecule has 0 heterocycles. The molecule has 2 nitrogen and oxygen atoms in total. The number of aliphatic hydroxyl groups excluding tert-OH is 1. The number of hydrogen-bond donors (Lipinski definition) is 2. The lowest BCUT2D eigenvalue weighted by molar-refractivity contribution is -0.137. The number of benzene rings is 1. The topological polar surface area (TPSA) is 32.3 Å². The molecule has 1 rings (SSSR count). The second-order valence-electron chi connectivity index (χ2n) is 4.94. The van der Waals surface area contributed by atoms with Crippen LogP contribution in [0, 0.1) is 0 Å². The Balaban J connectivity index is 2.64. The van der Waals surface area contributed by atoms with Crippen LogP contribution in [0.3, 0.4) is 0 Å². The molecule has 0 aliphatic heterocycles. The first-order valence-corrected chi connectivity index (χ1v) is 6.33. The van der Waals surface area contributed by atoms with Gasteiger partial charge >= 0.3 is 6.18 Å². The molecule has 108 valence electrons. The van der Waals surface area contributed by atoms with Crippen LogP contribution in [0.4, 0.5) is 13.2 Å². The summed E-state index contributed by atoms with van der Waals surface area (Å²) in [6, 6.07) is 5.13. The first-order chi connectivity index (χ1) is 8.80. The summed E-state index contributed by atoms with van der Waals surface area (Å²) in [5.74, 6) is 0. The van der Waals surface area contributed by atoms with Crippen LogP contribution in [-0.4, -0.2) is 17.3 Å². The lowest BCUT2D eigenvalue weighted by atomic mass is 9.94. The van der Waals surface area contributed by atoms with Crippen LogP contribution in [0.5, 0.6) is 0 Å². The van der Waals surface area contributed by atoms with E-state index in [-0.39, 0.29) is 12.1 Å². The maximum Gasteiger partial charge on any atom is 0.416 e. The van der Waals surface area contributed by atoms with Crippen molar-refractivity contribution in [1.29, 1.82) is 0 Å². The van der Waals surface area contributed by atoms with E-state index in [1.54, 1.807) is 0 Å². The van der Waals surface area contributed by atoms with Gasteiger partial charge in [0.2, 0.25) is 0 Å². The predicted octanol–water partition coefficient (Wildman–Crippen LogP) is 3.35. The molecule has 0 spiro atoms. The molecular formula is C14H20F3NO. The maximum atomic E-state index is 12.4. The van der Waals surface area contributed by atoms with Gasteiger partial charge in [0.15, 0.2) is 0 Å². The monoisotopic (exact) mass is 275 g/mol. The van der Waals surface area contributed by atoms with Crippen LogP contribution in [0.1, 0.15) is 37.8 Å². The number of rotatable bonds is 6. The highest BCUT2D eigenvalue weighted by Crippen LogP contribution is 2.29. The van der Waals surface area contributed by atoms with Gasteiger partial charge in [0.1, 0.15) is 0 Å². The Morgan fingerprint density at radius 1 is 1.16 bits per heavy atom. The lowest BCUT2D eigenvalue weighted by Crippen LogP contribution is -2.42. The average molecular weight is 275 g/mol. The van der Waals surface area contributed by atoms with E-state index in [4.69, 9.17) is 5.11 Å². The first-order valence-electron chi connectivity index (χ1n) is 6.33. The Labute approximate surface area is 111 Å². The van der Waals surface area contributed by atoms with Gasteiger partial charge in [0.05, 0.1) is 5.56 Å². The maximum absolute atomic E-state index is 12.4. The number of halogens is 3. The zero-order chi connectivity index (χ0) is 14.5. The van der Waals surface area contributed by atoms with Crippen molar-refractivity contribution in [3.05, 3.63) is 35.4 Å². The standard InChI is InChI=1S/C14H20F3NO/c1-3-13(2,8-9-19)18-10-11-4-6-12(7-5-11)14(15,16)17/h4-7,18-19H,3,8-10H2,1-2H3. The molecule has 1 atom stereocenters. The molecule has 0 radical (unpaired) electrons. The van der Waals surface area contributed by atoms with E-state index < -0.39 is 11.7 Å². The van der Waals surface area contributed by atoms with E-state index in [2.05, 4.69) is 5.32 Å². The summed E-state index contributed by atoms with van der Waals surface area (Å²) >= 11 is 0. The zero-order valence-electron chi connectivity index (χ0n) is 11.2. The largest absolute Gasteiger partial charge is 0.416 e. The van der Waals surface area contributed by atoms with Crippen molar-refractivity contribution in [1.82, 2.24) is 5.32 Å². The van der Waals surface area contributed by atoms with Crippen LogP contribution in [0.25, 0.3) is 0 Å². The van der Waals surface area contributed by atoms with Crippen LogP contribution in [0.15, 0.2) is 24.3 Å². The smallest absolute Gasteiger partial charge is 0.396 e. The summed E-state index contributed by atoms with van der Waals surface area (Å²) < 4.78 is 37.2. The SMILES string of the molecule is CCC(C)(CCO)NCc1ccc(C(F)(F)F)cc1. The second-order valence-corrected chi connectivity index (χ2v) is 4.94. The summed E-state index contributed by atoms with van der Waals surface area (Å²) in [4.78, 5) is 0. The Hall–Kier alpha value is -1.07. The molecule has 1 unspecified atom stereocenters. The predicted molar refractivity (Wildman–Crippen MR) is 68.7 cm³/mol. The number of alkyl halides is 3. The van der Waals surface area contributed by atoms with Gasteiger partial charge < -0.3 is 10.4 Å². The van der Waals surface area contributed by atoms with E-state index in [0.29, 0.717) is 13.0 Å². The highest BCUT2D eigenvalue weighted by molar-refractivity contribution is 5.24. The van der Waals surface area contributed by atoms with Crippen molar-refractivity contribution in [3.63, 3.8) is 0 Å². The highest BCUT2D eigenvalue weighted by atomic mass is 19.4. The summed E-state index contributed by atoms with van der Waals surface area (Å²) in [5.41, 5.74) is -0.0345. The van der Waals surface area contributed by atoms with Crippen molar-refractivity contribution < 1.29 is 18.3 Å². The Morgan fingerprint density at radius 3 is 2.16 bits per heavy atom. The van der Waals surface area contributed by atoms with Gasteiger partial charge in [-0.2, -0.15) is 13.2 Å². The molecular weight excluding hydrogens is 255 g/mol. The number of hydrogen-bond acceptors (Lipinski definition) is 2. The fourth-order valence-electron chi connectivity index (χ4n) is 1.76. The first kappa shape index (κ1) is 16.0. The summed E-state index contributed by atoms with van der Waals surface area (Å²) in [7, 11) is 0. The van der Waals surface area contributed by atoms with Crippen LogP contribution >= 0.6 is 0 Å². The molecule has 0 aliphatic carbocycles. The van der Waals surface area contributed by atoms with Gasteiger partial charge in [-0.3, -0.25) is 0 Å². The van der Waals surface area contributed by atoms with Crippen LogP contribution in [0.2, 0.25) is 0 Å². The van der Waals surface area contributed by atoms with E-state index in [9.17, 15) is 13.2 Å². The van der Waals surface area contributed by atoms with Crippen molar-refractivity contribution in [3.8, 4) is 0 Å². The fraction of sp³-hybridized carbons (Fsp3) is 0.571. The summed E-state index contributed by atoms with van der Waals surface area (Å²) in [6.45, 7) is 4.58. The van der Waals surface area contributed by atoms with E-state index >= 15 is 0 Å². The van der Waals surface area contributed by atoms with Gasteiger partial charge in [-0.1, -0.05) is 19.1 Å². The number of aliphatic hydroxyl groups is 1. The quantitative estimate of drug-likeness (QED) is 0.834. The zero-order valence-corrected chi connectivity index (χ0v) is 11.2. The Bertz CT molecular complexity index is 389. The molecule has 19 heavy (non-hydrogen) atoms. The van der Waals surface area contributed by atoms with Crippen molar-refractivity contribution in [2.24, 2.45) is 0 Å². The third-order valence-electron chi connectivity index (χ3n) is 3.44. The molecule has 2 N–H and O–H groups in total. The molecule has 1 aromatic carbocycles. The van der Waals surface area contributed by atoms with Gasteiger partial charge in [-0.05, 0) is 37.5 Å². The van der Waals surface area contributed by atoms with Crippen molar-refractivity contribution in [2.45, 2.75) is 44.9 Å². The van der Waals surface area contributed by atoms with Crippen LogP contribution in [-0.2, 0) is 12.7 Å². The highest BCUT2D eigenvalue weighted by Gasteiger charge is 2.30. The van der Waals surface area contributed by atoms with E-state index in [1.807, 2.05) is 13.8 Å². The van der Waals surface area contributed by atoms with Crippen LogP contribution < -0.4 is 5.32 Å². The van der Waals surface area contributed by atoms with E-state index in [1.165, 1.54) is 12.1 Å². The molecule has 0 saturated carbocycles. The summed E-state index contributed by atoms with van der Waals surface area (Å²) in [6.07, 6.45) is -2.83. The normalized spacial score (nSPS) is 15.3. The van der Waals surface area contributed by atoms with Gasteiger partial charge in [0, 0.05) is 18.7 Å². The average Bonchev–Trinajstić information content (AvgIpc) is 2.36. The molecule has 5 heteroatoms. The van der Waals surface area contributed by atoms with Crippen molar-refractivity contribution >= 4 is 0 Å². The third-order valence-corrected chi connectivity index (χ3v) is 3.44.